The Kier molecular flexibility index (Phi) is 4.22. The fourth-order valence-corrected chi connectivity index (χ4v) is 3.56. The summed E-state index contributed by atoms with van der Waals surface area (Å²) in [7, 11) is 1.92. The van der Waals surface area contributed by atoms with Gasteiger partial charge in [-0.3, -0.25) is 9.69 Å². The number of likely N-dealkylation sites (tertiary alicyclic amines) is 1. The molecule has 1 aromatic heterocycles. The van der Waals surface area contributed by atoms with Crippen molar-refractivity contribution in [2.24, 2.45) is 0 Å². The Hall–Kier alpha value is -1.79. The molecule has 1 amide bonds. The standard InChI is InChI=1S/C16H16F2N2OS/c1-20-7-6-13(19-16(21)14-3-2-8-22-14)15(20)10-4-5-11(17)12(18)9-10/h2-5,8-9,13,15H,6-7H2,1H3,(H,19,21)/t13-,15-/m1/s1. The van der Waals surface area contributed by atoms with Crippen LogP contribution < -0.4 is 5.32 Å². The molecule has 0 spiro atoms. The highest BCUT2D eigenvalue weighted by Crippen LogP contribution is 2.32. The van der Waals surface area contributed by atoms with Gasteiger partial charge in [-0.1, -0.05) is 12.1 Å². The van der Waals surface area contributed by atoms with Crippen LogP contribution in [0.2, 0.25) is 0 Å². The summed E-state index contributed by atoms with van der Waals surface area (Å²) in [4.78, 5) is 14.9. The van der Waals surface area contributed by atoms with Crippen molar-refractivity contribution in [2.45, 2.75) is 18.5 Å². The Bertz CT molecular complexity index is 675. The monoisotopic (exact) mass is 322 g/mol. The average molecular weight is 322 g/mol. The van der Waals surface area contributed by atoms with Gasteiger partial charge in [0.15, 0.2) is 11.6 Å². The van der Waals surface area contributed by atoms with Gasteiger partial charge in [0, 0.05) is 6.54 Å². The van der Waals surface area contributed by atoms with Gasteiger partial charge in [0.25, 0.3) is 5.91 Å². The highest BCUT2D eigenvalue weighted by atomic mass is 32.1. The first-order valence-electron chi connectivity index (χ1n) is 7.06. The number of rotatable bonds is 3. The van der Waals surface area contributed by atoms with E-state index in [9.17, 15) is 13.6 Å². The van der Waals surface area contributed by atoms with Crippen molar-refractivity contribution in [3.63, 3.8) is 0 Å². The minimum absolute atomic E-state index is 0.121. The number of nitrogens with one attached hydrogen (secondary N) is 1. The molecule has 3 nitrogen and oxygen atoms in total. The first-order valence-corrected chi connectivity index (χ1v) is 7.94. The second-order valence-electron chi connectivity index (χ2n) is 5.44. The Morgan fingerprint density at radius 2 is 2.14 bits per heavy atom. The fourth-order valence-electron chi connectivity index (χ4n) is 2.93. The number of benzene rings is 1. The molecule has 2 aromatic rings. The largest absolute Gasteiger partial charge is 0.347 e. The molecule has 0 radical (unpaired) electrons. The molecule has 1 fully saturated rings. The summed E-state index contributed by atoms with van der Waals surface area (Å²) < 4.78 is 26.6. The molecule has 116 valence electrons. The molecular formula is C16H16F2N2OS. The lowest BCUT2D eigenvalue weighted by Crippen LogP contribution is -2.38. The van der Waals surface area contributed by atoms with Gasteiger partial charge < -0.3 is 5.32 Å². The zero-order valence-corrected chi connectivity index (χ0v) is 12.9. The van der Waals surface area contributed by atoms with E-state index in [0.29, 0.717) is 10.4 Å². The van der Waals surface area contributed by atoms with E-state index in [1.54, 1.807) is 12.1 Å². The summed E-state index contributed by atoms with van der Waals surface area (Å²) in [6, 6.07) is 7.25. The summed E-state index contributed by atoms with van der Waals surface area (Å²) in [6.07, 6.45) is 0.775. The smallest absolute Gasteiger partial charge is 0.261 e. The SMILES string of the molecule is CN1CC[C@@H](NC(=O)c2cccs2)[C@H]1c1ccc(F)c(F)c1. The van der Waals surface area contributed by atoms with Crippen molar-refractivity contribution < 1.29 is 13.6 Å². The van der Waals surface area contributed by atoms with Crippen molar-refractivity contribution in [3.8, 4) is 0 Å². The normalized spacial score (nSPS) is 22.0. The number of halogens is 2. The number of thiophene rings is 1. The summed E-state index contributed by atoms with van der Waals surface area (Å²) in [5, 5.41) is 4.86. The van der Waals surface area contributed by atoms with Gasteiger partial charge in [-0.25, -0.2) is 8.78 Å². The van der Waals surface area contributed by atoms with Crippen molar-refractivity contribution in [1.82, 2.24) is 10.2 Å². The summed E-state index contributed by atoms with van der Waals surface area (Å²) in [6.45, 7) is 0.791. The van der Waals surface area contributed by atoms with E-state index in [1.807, 2.05) is 23.4 Å². The van der Waals surface area contributed by atoms with Crippen LogP contribution in [0.15, 0.2) is 35.7 Å². The van der Waals surface area contributed by atoms with Gasteiger partial charge in [-0.05, 0) is 42.6 Å². The second kappa shape index (κ2) is 6.14. The molecule has 0 aliphatic carbocycles. The average Bonchev–Trinajstić information content (AvgIpc) is 3.13. The highest BCUT2D eigenvalue weighted by Gasteiger charge is 2.34. The van der Waals surface area contributed by atoms with E-state index < -0.39 is 11.6 Å². The third-order valence-corrected chi connectivity index (χ3v) is 4.86. The number of hydrogen-bond donors (Lipinski definition) is 1. The van der Waals surface area contributed by atoms with Crippen LogP contribution in [-0.4, -0.2) is 30.4 Å². The van der Waals surface area contributed by atoms with Gasteiger partial charge in [-0.2, -0.15) is 0 Å². The third-order valence-electron chi connectivity index (χ3n) is 4.00. The maximum absolute atomic E-state index is 13.5. The first kappa shape index (κ1) is 15.1. The zero-order valence-electron chi connectivity index (χ0n) is 12.1. The molecule has 1 aliphatic heterocycles. The summed E-state index contributed by atoms with van der Waals surface area (Å²) >= 11 is 1.38. The van der Waals surface area contributed by atoms with Crippen molar-refractivity contribution in [2.75, 3.05) is 13.6 Å². The molecule has 1 aliphatic rings. The fraction of sp³-hybridized carbons (Fsp3) is 0.312. The molecular weight excluding hydrogens is 306 g/mol. The minimum atomic E-state index is -0.860. The van der Waals surface area contributed by atoms with Gasteiger partial charge >= 0.3 is 0 Å². The quantitative estimate of drug-likeness (QED) is 0.941. The molecule has 3 rings (SSSR count). The molecule has 22 heavy (non-hydrogen) atoms. The number of nitrogens with zero attached hydrogens (tertiary/aromatic N) is 1. The van der Waals surface area contributed by atoms with Crippen LogP contribution in [0.3, 0.4) is 0 Å². The minimum Gasteiger partial charge on any atom is -0.347 e. The molecule has 6 heteroatoms. The van der Waals surface area contributed by atoms with Crippen LogP contribution in [0.25, 0.3) is 0 Å². The lowest BCUT2D eigenvalue weighted by molar-refractivity contribution is 0.0932. The topological polar surface area (TPSA) is 32.3 Å². The van der Waals surface area contributed by atoms with E-state index in [2.05, 4.69) is 5.32 Å². The molecule has 1 aromatic carbocycles. The number of hydrogen-bond acceptors (Lipinski definition) is 3. The van der Waals surface area contributed by atoms with Crippen LogP contribution in [0.4, 0.5) is 8.78 Å². The Labute approximate surface area is 131 Å². The van der Waals surface area contributed by atoms with Crippen LogP contribution in [0.1, 0.15) is 27.7 Å². The van der Waals surface area contributed by atoms with Crippen molar-refractivity contribution in [1.29, 1.82) is 0 Å². The zero-order chi connectivity index (χ0) is 15.7. The van der Waals surface area contributed by atoms with Gasteiger partial charge in [0.2, 0.25) is 0 Å². The summed E-state index contributed by atoms with van der Waals surface area (Å²) in [5.41, 5.74) is 0.676. The van der Waals surface area contributed by atoms with Crippen LogP contribution in [-0.2, 0) is 0 Å². The van der Waals surface area contributed by atoms with Crippen LogP contribution in [0, 0.1) is 11.6 Å². The first-order chi connectivity index (χ1) is 10.6. The Morgan fingerprint density at radius 1 is 1.32 bits per heavy atom. The van der Waals surface area contributed by atoms with E-state index in [-0.39, 0.29) is 18.0 Å². The van der Waals surface area contributed by atoms with Gasteiger partial charge in [0.1, 0.15) is 0 Å². The predicted molar refractivity (Wildman–Crippen MR) is 81.9 cm³/mol. The molecule has 1 saturated heterocycles. The number of carbonyl (C=O) groups excluding carboxylic acids is 1. The van der Waals surface area contributed by atoms with Crippen LogP contribution >= 0.6 is 11.3 Å². The van der Waals surface area contributed by atoms with E-state index >= 15 is 0 Å². The second-order valence-corrected chi connectivity index (χ2v) is 6.39. The molecule has 2 heterocycles. The van der Waals surface area contributed by atoms with Crippen molar-refractivity contribution in [3.05, 3.63) is 57.8 Å². The summed E-state index contributed by atoms with van der Waals surface area (Å²) in [5.74, 6) is -1.84. The molecule has 0 unspecified atom stereocenters. The third kappa shape index (κ3) is 2.89. The number of likely N-dealkylation sites (N-methyl/N-ethyl adjacent to an activating group) is 1. The van der Waals surface area contributed by atoms with Crippen molar-refractivity contribution >= 4 is 17.2 Å². The van der Waals surface area contributed by atoms with E-state index in [0.717, 1.165) is 19.0 Å². The van der Waals surface area contributed by atoms with Gasteiger partial charge in [0.05, 0.1) is 17.0 Å². The lowest BCUT2D eigenvalue weighted by Gasteiger charge is -2.26. The maximum Gasteiger partial charge on any atom is 0.261 e. The highest BCUT2D eigenvalue weighted by molar-refractivity contribution is 7.12. The lowest BCUT2D eigenvalue weighted by atomic mass is 10.00. The maximum atomic E-state index is 13.5. The Morgan fingerprint density at radius 3 is 2.82 bits per heavy atom. The van der Waals surface area contributed by atoms with E-state index in [4.69, 9.17) is 0 Å². The van der Waals surface area contributed by atoms with Gasteiger partial charge in [-0.15, -0.1) is 11.3 Å². The number of carbonyl (C=O) groups is 1. The Balaban J connectivity index is 1.81. The predicted octanol–water partition coefficient (Wildman–Crippen LogP) is 3.20. The molecule has 1 N–H and O–H groups in total. The van der Waals surface area contributed by atoms with Crippen LogP contribution in [0.5, 0.6) is 0 Å². The molecule has 0 bridgehead atoms. The number of amides is 1. The molecule has 0 saturated carbocycles. The van der Waals surface area contributed by atoms with E-state index in [1.165, 1.54) is 17.4 Å². The molecule has 2 atom stereocenters.